The van der Waals surface area contributed by atoms with Gasteiger partial charge in [0.25, 0.3) is 10.0 Å². The minimum atomic E-state index is -3.87. The lowest BCUT2D eigenvalue weighted by molar-refractivity contribution is 0.282. The van der Waals surface area contributed by atoms with E-state index in [0.717, 1.165) is 18.5 Å². The molecular weight excluding hydrogens is 271 g/mol. The van der Waals surface area contributed by atoms with Gasteiger partial charge in [-0.2, -0.15) is 0 Å². The zero-order valence-electron chi connectivity index (χ0n) is 9.75. The van der Waals surface area contributed by atoms with E-state index in [1.165, 1.54) is 12.1 Å². The normalized spacial score (nSPS) is 11.3. The number of benzene rings is 1. The van der Waals surface area contributed by atoms with Gasteiger partial charge in [0.1, 0.15) is 10.7 Å². The summed E-state index contributed by atoms with van der Waals surface area (Å²) in [7, 11) is -3.87. The highest BCUT2D eigenvalue weighted by Gasteiger charge is 2.15. The number of nitrogens with one attached hydrogen (secondary N) is 1. The minimum Gasteiger partial charge on any atom is -0.392 e. The van der Waals surface area contributed by atoms with E-state index in [1.54, 1.807) is 12.1 Å². The first-order valence-corrected chi connectivity index (χ1v) is 6.83. The average molecular weight is 282 g/mol. The largest absolute Gasteiger partial charge is 0.392 e. The van der Waals surface area contributed by atoms with Crippen LogP contribution in [-0.2, 0) is 16.6 Å². The van der Waals surface area contributed by atoms with Crippen molar-refractivity contribution in [2.75, 3.05) is 4.72 Å². The van der Waals surface area contributed by atoms with E-state index in [9.17, 15) is 12.8 Å². The number of sulfonamides is 1. The highest BCUT2D eigenvalue weighted by atomic mass is 32.2. The Bertz CT molecular complexity index is 672. The van der Waals surface area contributed by atoms with Gasteiger partial charge < -0.3 is 5.11 Å². The number of aliphatic hydroxyl groups excluding tert-OH is 1. The number of hydrogen-bond donors (Lipinski definition) is 2. The van der Waals surface area contributed by atoms with Crippen LogP contribution in [0.4, 0.5) is 10.1 Å². The first-order chi connectivity index (χ1) is 9.01. The molecule has 0 unspecified atom stereocenters. The number of halogens is 1. The Hall–Kier alpha value is -1.99. The summed E-state index contributed by atoms with van der Waals surface area (Å²) < 4.78 is 39.1. The molecule has 1 aromatic carbocycles. The monoisotopic (exact) mass is 282 g/mol. The number of pyridine rings is 1. The lowest BCUT2D eigenvalue weighted by Gasteiger charge is -2.08. The molecule has 19 heavy (non-hydrogen) atoms. The molecule has 0 radical (unpaired) electrons. The van der Waals surface area contributed by atoms with Crippen molar-refractivity contribution in [2.24, 2.45) is 0 Å². The Morgan fingerprint density at radius 1 is 1.21 bits per heavy atom. The van der Waals surface area contributed by atoms with Gasteiger partial charge in [0, 0.05) is 11.9 Å². The van der Waals surface area contributed by atoms with Crippen LogP contribution in [0.15, 0.2) is 47.6 Å². The van der Waals surface area contributed by atoms with Gasteiger partial charge in [-0.05, 0) is 23.8 Å². The highest BCUT2D eigenvalue weighted by molar-refractivity contribution is 7.92. The predicted octanol–water partition coefficient (Wildman–Crippen LogP) is 1.51. The highest BCUT2D eigenvalue weighted by Crippen LogP contribution is 2.16. The Morgan fingerprint density at radius 3 is 2.47 bits per heavy atom. The van der Waals surface area contributed by atoms with Crippen LogP contribution in [0, 0.1) is 5.82 Å². The van der Waals surface area contributed by atoms with Gasteiger partial charge in [-0.1, -0.05) is 12.1 Å². The SMILES string of the molecule is O=S(=O)(Nc1ccc(CO)cc1)c1cncc(F)c1. The molecule has 100 valence electrons. The fraction of sp³-hybridized carbons (Fsp3) is 0.0833. The topological polar surface area (TPSA) is 79.3 Å². The molecule has 0 fully saturated rings. The van der Waals surface area contributed by atoms with Crippen molar-refractivity contribution in [3.63, 3.8) is 0 Å². The van der Waals surface area contributed by atoms with E-state index in [1.807, 2.05) is 0 Å². The van der Waals surface area contributed by atoms with Crippen LogP contribution in [-0.4, -0.2) is 18.5 Å². The Labute approximate surface area is 109 Å². The van der Waals surface area contributed by atoms with Crippen molar-refractivity contribution >= 4 is 15.7 Å². The van der Waals surface area contributed by atoms with Gasteiger partial charge >= 0.3 is 0 Å². The zero-order chi connectivity index (χ0) is 13.9. The third-order valence-corrected chi connectivity index (χ3v) is 3.73. The molecule has 0 amide bonds. The van der Waals surface area contributed by atoms with Crippen LogP contribution >= 0.6 is 0 Å². The fourth-order valence-electron chi connectivity index (χ4n) is 1.43. The van der Waals surface area contributed by atoms with Crippen LogP contribution in [0.1, 0.15) is 5.56 Å². The standard InChI is InChI=1S/C12H11FN2O3S/c13-10-5-12(7-14-6-10)19(17,18)15-11-3-1-9(8-16)2-4-11/h1-7,15-16H,8H2. The molecule has 5 nitrogen and oxygen atoms in total. The Kier molecular flexibility index (Phi) is 3.77. The van der Waals surface area contributed by atoms with E-state index in [0.29, 0.717) is 11.3 Å². The van der Waals surface area contributed by atoms with E-state index in [2.05, 4.69) is 9.71 Å². The van der Waals surface area contributed by atoms with E-state index in [-0.39, 0.29) is 11.5 Å². The van der Waals surface area contributed by atoms with Crippen molar-refractivity contribution in [2.45, 2.75) is 11.5 Å². The van der Waals surface area contributed by atoms with Crippen molar-refractivity contribution in [3.05, 3.63) is 54.1 Å². The molecule has 2 rings (SSSR count). The molecule has 1 heterocycles. The fourth-order valence-corrected chi connectivity index (χ4v) is 2.46. The summed E-state index contributed by atoms with van der Waals surface area (Å²) in [5.74, 6) is -0.724. The van der Waals surface area contributed by atoms with Crippen molar-refractivity contribution in [1.29, 1.82) is 0 Å². The summed E-state index contributed by atoms with van der Waals surface area (Å²) in [5, 5.41) is 8.88. The maximum Gasteiger partial charge on any atom is 0.263 e. The van der Waals surface area contributed by atoms with E-state index < -0.39 is 15.8 Å². The third-order valence-electron chi connectivity index (χ3n) is 2.38. The lowest BCUT2D eigenvalue weighted by Crippen LogP contribution is -2.13. The quantitative estimate of drug-likeness (QED) is 0.891. The lowest BCUT2D eigenvalue weighted by atomic mass is 10.2. The molecule has 0 bridgehead atoms. The Balaban J connectivity index is 2.25. The molecule has 2 aromatic rings. The minimum absolute atomic E-state index is 0.124. The smallest absolute Gasteiger partial charge is 0.263 e. The molecule has 0 saturated heterocycles. The molecule has 0 aliphatic carbocycles. The van der Waals surface area contributed by atoms with Gasteiger partial charge in [-0.3, -0.25) is 9.71 Å². The average Bonchev–Trinajstić information content (AvgIpc) is 2.39. The van der Waals surface area contributed by atoms with Gasteiger partial charge in [-0.25, -0.2) is 12.8 Å². The van der Waals surface area contributed by atoms with Crippen molar-refractivity contribution < 1.29 is 17.9 Å². The second kappa shape index (κ2) is 5.33. The molecule has 0 aliphatic heterocycles. The summed E-state index contributed by atoms with van der Waals surface area (Å²) >= 11 is 0. The van der Waals surface area contributed by atoms with Gasteiger partial charge in [0.05, 0.1) is 12.8 Å². The van der Waals surface area contributed by atoms with Gasteiger partial charge in [0.2, 0.25) is 0 Å². The Morgan fingerprint density at radius 2 is 1.89 bits per heavy atom. The van der Waals surface area contributed by atoms with Crippen LogP contribution in [0.3, 0.4) is 0 Å². The number of aromatic nitrogens is 1. The van der Waals surface area contributed by atoms with Gasteiger partial charge in [-0.15, -0.1) is 0 Å². The molecular formula is C12H11FN2O3S. The first kappa shape index (κ1) is 13.4. The maximum absolute atomic E-state index is 13.0. The second-order valence-electron chi connectivity index (χ2n) is 3.80. The van der Waals surface area contributed by atoms with Crippen molar-refractivity contribution in [3.8, 4) is 0 Å². The first-order valence-electron chi connectivity index (χ1n) is 5.34. The third kappa shape index (κ3) is 3.27. The van der Waals surface area contributed by atoms with E-state index in [4.69, 9.17) is 5.11 Å². The van der Waals surface area contributed by atoms with Crippen LogP contribution in [0.2, 0.25) is 0 Å². The molecule has 0 atom stereocenters. The van der Waals surface area contributed by atoms with Gasteiger partial charge in [0.15, 0.2) is 0 Å². The molecule has 0 spiro atoms. The number of anilines is 1. The molecule has 0 aliphatic rings. The summed E-state index contributed by atoms with van der Waals surface area (Å²) in [6, 6.07) is 7.08. The molecule has 0 saturated carbocycles. The van der Waals surface area contributed by atoms with E-state index >= 15 is 0 Å². The molecule has 1 aromatic heterocycles. The number of hydrogen-bond acceptors (Lipinski definition) is 4. The summed E-state index contributed by atoms with van der Waals surface area (Å²) in [5.41, 5.74) is 0.983. The second-order valence-corrected chi connectivity index (χ2v) is 5.48. The summed E-state index contributed by atoms with van der Waals surface area (Å²) in [6.07, 6.45) is 1.99. The molecule has 7 heteroatoms. The number of nitrogens with zero attached hydrogens (tertiary/aromatic N) is 1. The summed E-state index contributed by atoms with van der Waals surface area (Å²) in [6.45, 7) is -0.124. The van der Waals surface area contributed by atoms with Crippen LogP contribution < -0.4 is 4.72 Å². The predicted molar refractivity (Wildman–Crippen MR) is 67.4 cm³/mol. The summed E-state index contributed by atoms with van der Waals surface area (Å²) in [4.78, 5) is 3.24. The van der Waals surface area contributed by atoms with Crippen molar-refractivity contribution in [1.82, 2.24) is 4.98 Å². The molecule has 2 N–H and O–H groups in total. The number of aliphatic hydroxyl groups is 1. The van der Waals surface area contributed by atoms with Crippen LogP contribution in [0.25, 0.3) is 0 Å². The number of rotatable bonds is 4. The zero-order valence-corrected chi connectivity index (χ0v) is 10.6. The van der Waals surface area contributed by atoms with Crippen LogP contribution in [0.5, 0.6) is 0 Å². The maximum atomic E-state index is 13.0.